The largest absolute Gasteiger partial charge is 0.397 e. The first-order valence-corrected chi connectivity index (χ1v) is 7.23. The molecule has 0 bridgehead atoms. The summed E-state index contributed by atoms with van der Waals surface area (Å²) >= 11 is 5.65. The van der Waals surface area contributed by atoms with Crippen LogP contribution >= 0.6 is 38.5 Å². The van der Waals surface area contributed by atoms with Crippen molar-refractivity contribution in [3.05, 3.63) is 21.8 Å². The molecular weight excluding hydrogens is 383 g/mol. The summed E-state index contributed by atoms with van der Waals surface area (Å²) in [6.07, 6.45) is 0.607. The summed E-state index contributed by atoms with van der Waals surface area (Å²) in [4.78, 5) is 13.6. The molecule has 2 N–H and O–H groups in total. The highest BCUT2D eigenvalue weighted by Crippen LogP contribution is 2.31. The van der Waals surface area contributed by atoms with E-state index >= 15 is 0 Å². The van der Waals surface area contributed by atoms with Gasteiger partial charge in [0.25, 0.3) is 0 Å². The van der Waals surface area contributed by atoms with Gasteiger partial charge < -0.3 is 10.6 Å². The average molecular weight is 395 g/mol. The van der Waals surface area contributed by atoms with Gasteiger partial charge in [0, 0.05) is 21.9 Å². The van der Waals surface area contributed by atoms with Crippen molar-refractivity contribution < 1.29 is 4.79 Å². The van der Waals surface area contributed by atoms with E-state index in [1.165, 1.54) is 0 Å². The van der Waals surface area contributed by atoms with E-state index in [2.05, 4.69) is 38.5 Å². The number of carbonyl (C=O) groups is 1. The van der Waals surface area contributed by atoms with Gasteiger partial charge in [0.15, 0.2) is 0 Å². The summed E-state index contributed by atoms with van der Waals surface area (Å²) in [5, 5.41) is 0.860. The second-order valence-corrected chi connectivity index (χ2v) is 5.83. The van der Waals surface area contributed by atoms with Gasteiger partial charge in [0.05, 0.1) is 11.4 Å². The van der Waals surface area contributed by atoms with Crippen molar-refractivity contribution in [2.75, 3.05) is 22.5 Å². The molecule has 1 atom stereocenters. The van der Waals surface area contributed by atoms with Gasteiger partial charge in [-0.3, -0.25) is 4.79 Å². The number of nitrogens with zero attached hydrogens (tertiary/aromatic N) is 1. The van der Waals surface area contributed by atoms with Crippen LogP contribution in [0.15, 0.2) is 18.2 Å². The quantitative estimate of drug-likeness (QED) is 0.476. The van der Waals surface area contributed by atoms with E-state index in [4.69, 9.17) is 5.73 Å². The Morgan fingerprint density at radius 1 is 1.56 bits per heavy atom. The molecule has 0 aliphatic carbocycles. The van der Waals surface area contributed by atoms with Crippen molar-refractivity contribution in [2.45, 2.75) is 6.42 Å². The van der Waals surface area contributed by atoms with Crippen LogP contribution in [0, 0.1) is 9.49 Å². The Morgan fingerprint density at radius 2 is 2.31 bits per heavy atom. The van der Waals surface area contributed by atoms with Crippen molar-refractivity contribution >= 4 is 55.8 Å². The number of nitrogen functional groups attached to an aromatic ring is 1. The molecule has 86 valence electrons. The lowest BCUT2D eigenvalue weighted by molar-refractivity contribution is -0.117. The Labute approximate surface area is 117 Å². The minimum Gasteiger partial charge on any atom is -0.397 e. The fourth-order valence-corrected chi connectivity index (χ4v) is 2.78. The van der Waals surface area contributed by atoms with E-state index in [0.29, 0.717) is 18.0 Å². The lowest BCUT2D eigenvalue weighted by atomic mass is 10.2. The predicted octanol–water partition coefficient (Wildman–Crippen LogP) is 2.62. The molecular formula is C11H12BrIN2O. The van der Waals surface area contributed by atoms with Crippen LogP contribution in [0.5, 0.6) is 0 Å². The first-order chi connectivity index (χ1) is 7.61. The summed E-state index contributed by atoms with van der Waals surface area (Å²) < 4.78 is 1.09. The molecule has 16 heavy (non-hydrogen) atoms. The number of hydrogen-bond donors (Lipinski definition) is 1. The molecule has 0 saturated carbocycles. The second-order valence-electron chi connectivity index (χ2n) is 3.93. The monoisotopic (exact) mass is 394 g/mol. The number of hydrogen-bond acceptors (Lipinski definition) is 2. The summed E-state index contributed by atoms with van der Waals surface area (Å²) in [6, 6.07) is 5.76. The minimum absolute atomic E-state index is 0.165. The smallest absolute Gasteiger partial charge is 0.227 e. The number of rotatable bonds is 2. The van der Waals surface area contributed by atoms with Crippen molar-refractivity contribution in [1.82, 2.24) is 0 Å². The standard InChI is InChI=1S/C11H12BrIN2O/c12-5-7-3-11(16)15(6-7)10-4-8(13)1-2-9(10)14/h1-2,4,7H,3,5-6,14H2. The van der Waals surface area contributed by atoms with Crippen LogP contribution in [0.4, 0.5) is 11.4 Å². The third-order valence-electron chi connectivity index (χ3n) is 2.71. The lowest BCUT2D eigenvalue weighted by Crippen LogP contribution is -2.25. The SMILES string of the molecule is Nc1ccc(I)cc1N1CC(CBr)CC1=O. The number of carbonyl (C=O) groups excluding carboxylic acids is 1. The Bertz CT molecular complexity index is 424. The number of benzene rings is 1. The first kappa shape index (κ1) is 12.2. The molecule has 1 saturated heterocycles. The molecule has 1 heterocycles. The summed E-state index contributed by atoms with van der Waals surface area (Å²) in [5.74, 6) is 0.558. The maximum Gasteiger partial charge on any atom is 0.227 e. The number of nitrogens with two attached hydrogens (primary N) is 1. The second kappa shape index (κ2) is 4.91. The zero-order valence-electron chi connectivity index (χ0n) is 8.62. The number of amides is 1. The maximum absolute atomic E-state index is 11.9. The highest BCUT2D eigenvalue weighted by atomic mass is 127. The number of anilines is 2. The topological polar surface area (TPSA) is 46.3 Å². The van der Waals surface area contributed by atoms with Crippen LogP contribution in [0.25, 0.3) is 0 Å². The molecule has 2 rings (SSSR count). The zero-order valence-corrected chi connectivity index (χ0v) is 12.4. The van der Waals surface area contributed by atoms with Gasteiger partial charge in [-0.05, 0) is 46.7 Å². The molecule has 1 aliphatic heterocycles. The fourth-order valence-electron chi connectivity index (χ4n) is 1.87. The average Bonchev–Trinajstić information content (AvgIpc) is 2.63. The van der Waals surface area contributed by atoms with Crippen molar-refractivity contribution in [3.63, 3.8) is 0 Å². The van der Waals surface area contributed by atoms with Crippen LogP contribution < -0.4 is 10.6 Å². The summed E-state index contributed by atoms with van der Waals surface area (Å²) in [7, 11) is 0. The molecule has 5 heteroatoms. The zero-order chi connectivity index (χ0) is 11.7. The van der Waals surface area contributed by atoms with Gasteiger partial charge in [-0.1, -0.05) is 15.9 Å². The van der Waals surface area contributed by atoms with Crippen molar-refractivity contribution in [1.29, 1.82) is 0 Å². The minimum atomic E-state index is 0.165. The van der Waals surface area contributed by atoms with Crippen LogP contribution in [0.1, 0.15) is 6.42 Å². The Hall–Kier alpha value is -0.300. The molecule has 1 aromatic carbocycles. The fraction of sp³-hybridized carbons (Fsp3) is 0.364. The molecule has 1 fully saturated rings. The molecule has 0 aromatic heterocycles. The summed E-state index contributed by atoms with van der Waals surface area (Å²) in [6.45, 7) is 0.758. The van der Waals surface area contributed by atoms with E-state index in [1.807, 2.05) is 18.2 Å². The lowest BCUT2D eigenvalue weighted by Gasteiger charge is -2.18. The van der Waals surface area contributed by atoms with Gasteiger partial charge in [0.2, 0.25) is 5.91 Å². The normalized spacial score (nSPS) is 20.5. The van der Waals surface area contributed by atoms with Crippen LogP contribution in [-0.2, 0) is 4.79 Å². The van der Waals surface area contributed by atoms with Gasteiger partial charge in [0.1, 0.15) is 0 Å². The van der Waals surface area contributed by atoms with Crippen LogP contribution in [-0.4, -0.2) is 17.8 Å². The summed E-state index contributed by atoms with van der Waals surface area (Å²) in [5.41, 5.74) is 7.43. The molecule has 1 amide bonds. The predicted molar refractivity (Wildman–Crippen MR) is 77.8 cm³/mol. The molecule has 1 unspecified atom stereocenters. The maximum atomic E-state index is 11.9. The first-order valence-electron chi connectivity index (χ1n) is 5.03. The van der Waals surface area contributed by atoms with Crippen LogP contribution in [0.3, 0.4) is 0 Å². The molecule has 0 spiro atoms. The van der Waals surface area contributed by atoms with E-state index in [9.17, 15) is 4.79 Å². The van der Waals surface area contributed by atoms with E-state index < -0.39 is 0 Å². The highest BCUT2D eigenvalue weighted by Gasteiger charge is 2.30. The van der Waals surface area contributed by atoms with Gasteiger partial charge in [-0.2, -0.15) is 0 Å². The van der Waals surface area contributed by atoms with Gasteiger partial charge in [-0.15, -0.1) is 0 Å². The third kappa shape index (κ3) is 2.34. The molecule has 0 radical (unpaired) electrons. The molecule has 1 aromatic rings. The van der Waals surface area contributed by atoms with Crippen molar-refractivity contribution in [2.24, 2.45) is 5.92 Å². The number of alkyl halides is 1. The Balaban J connectivity index is 2.30. The van der Waals surface area contributed by atoms with Crippen LogP contribution in [0.2, 0.25) is 0 Å². The van der Waals surface area contributed by atoms with E-state index in [-0.39, 0.29) is 5.91 Å². The number of halogens is 2. The third-order valence-corrected chi connectivity index (χ3v) is 4.29. The van der Waals surface area contributed by atoms with E-state index in [1.54, 1.807) is 4.90 Å². The van der Waals surface area contributed by atoms with E-state index in [0.717, 1.165) is 21.1 Å². The van der Waals surface area contributed by atoms with Crippen molar-refractivity contribution in [3.8, 4) is 0 Å². The molecule has 3 nitrogen and oxygen atoms in total. The van der Waals surface area contributed by atoms with Gasteiger partial charge in [-0.25, -0.2) is 0 Å². The van der Waals surface area contributed by atoms with Gasteiger partial charge >= 0.3 is 0 Å². The highest BCUT2D eigenvalue weighted by molar-refractivity contribution is 14.1. The Morgan fingerprint density at radius 3 is 2.94 bits per heavy atom. The Kier molecular flexibility index (Phi) is 3.73. The molecule has 1 aliphatic rings.